The maximum atomic E-state index is 13.8. The van der Waals surface area contributed by atoms with E-state index in [0.717, 1.165) is 6.42 Å². The van der Waals surface area contributed by atoms with Gasteiger partial charge in [-0.05, 0) is 68.1 Å². The molecule has 3 rings (SSSR count). The average Bonchev–Trinajstić information content (AvgIpc) is 3.32. The molecule has 0 aromatic heterocycles. The number of alkyl halides is 1. The Morgan fingerprint density at radius 3 is 2.38 bits per heavy atom. The number of nitrogens with zero attached hydrogens (tertiary/aromatic N) is 1. The number of hydrogen-bond donors (Lipinski definition) is 2. The Balaban J connectivity index is 1.58. The molecule has 1 heterocycles. The van der Waals surface area contributed by atoms with Crippen molar-refractivity contribution in [1.29, 1.82) is 0 Å². The molecular formula is C29H39FN2O5. The molecule has 0 spiro atoms. The number of halogens is 1. The molecule has 4 atom stereocenters. The number of amides is 1. The molecule has 0 bridgehead atoms. The van der Waals surface area contributed by atoms with Gasteiger partial charge in [0.1, 0.15) is 23.8 Å². The summed E-state index contributed by atoms with van der Waals surface area (Å²) in [7, 11) is 1.57. The number of carbonyl (C=O) groups excluding carboxylic acids is 2. The largest absolute Gasteiger partial charge is 0.497 e. The Morgan fingerprint density at radius 1 is 1.11 bits per heavy atom. The lowest BCUT2D eigenvalue weighted by atomic mass is 10.0. The molecule has 1 aliphatic heterocycles. The second-order valence-corrected chi connectivity index (χ2v) is 9.68. The smallest absolute Gasteiger partial charge is 0.220 e. The molecule has 1 saturated heterocycles. The third-order valence-electron chi connectivity index (χ3n) is 6.75. The second-order valence-electron chi connectivity index (χ2n) is 9.68. The quantitative estimate of drug-likeness (QED) is 0.361. The molecule has 0 aliphatic carbocycles. The molecule has 8 heteroatoms. The summed E-state index contributed by atoms with van der Waals surface area (Å²) in [5.41, 5.74) is 1.22. The van der Waals surface area contributed by atoms with E-state index >= 15 is 0 Å². The highest BCUT2D eigenvalue weighted by molar-refractivity contribution is 5.96. The van der Waals surface area contributed by atoms with E-state index in [9.17, 15) is 19.1 Å². The van der Waals surface area contributed by atoms with Crippen LogP contribution in [-0.4, -0.2) is 66.8 Å². The van der Waals surface area contributed by atoms with Gasteiger partial charge in [-0.3, -0.25) is 14.5 Å². The minimum atomic E-state index is -0.971. The molecule has 202 valence electrons. The standard InChI is InChI=1S/C29H39FN2O5/c1-4-20(2)37-25-14-10-22(11-15-25)29(35)26(19-32-17-16-23(30)18-32)31-28(34)7-5-6-27(33)21-8-12-24(36-3)13-9-21/h8-15,20,23,26,29,35H,4-7,16-19H2,1-3H3,(H,31,34). The van der Waals surface area contributed by atoms with Gasteiger partial charge in [-0.1, -0.05) is 19.1 Å². The highest BCUT2D eigenvalue weighted by Crippen LogP contribution is 2.24. The first kappa shape index (κ1) is 28.6. The number of methoxy groups -OCH3 is 1. The Bertz CT molecular complexity index is 998. The second kappa shape index (κ2) is 14.1. The summed E-state index contributed by atoms with van der Waals surface area (Å²) in [5, 5.41) is 14.1. The summed E-state index contributed by atoms with van der Waals surface area (Å²) in [6.45, 7) is 5.25. The van der Waals surface area contributed by atoms with E-state index in [2.05, 4.69) is 5.32 Å². The molecule has 37 heavy (non-hydrogen) atoms. The number of ketones is 1. The predicted octanol–water partition coefficient (Wildman–Crippen LogP) is 4.49. The maximum absolute atomic E-state index is 13.8. The average molecular weight is 515 g/mol. The van der Waals surface area contributed by atoms with Crippen LogP contribution < -0.4 is 14.8 Å². The number of benzene rings is 2. The fourth-order valence-electron chi connectivity index (χ4n) is 4.36. The SMILES string of the molecule is CCC(C)Oc1ccc(C(O)C(CN2CCC(F)C2)NC(=O)CCCC(=O)c2ccc(OC)cc2)cc1. The number of ether oxygens (including phenoxy) is 2. The van der Waals surface area contributed by atoms with Gasteiger partial charge in [0.05, 0.1) is 19.3 Å². The van der Waals surface area contributed by atoms with E-state index in [4.69, 9.17) is 9.47 Å². The molecule has 4 unspecified atom stereocenters. The van der Waals surface area contributed by atoms with E-state index < -0.39 is 18.3 Å². The summed E-state index contributed by atoms with van der Waals surface area (Å²) in [6, 6.07) is 13.5. The zero-order valence-electron chi connectivity index (χ0n) is 22.0. The van der Waals surface area contributed by atoms with Gasteiger partial charge in [0.25, 0.3) is 0 Å². The first-order valence-corrected chi connectivity index (χ1v) is 13.1. The topological polar surface area (TPSA) is 88.1 Å². The number of aliphatic hydroxyl groups excluding tert-OH is 1. The van der Waals surface area contributed by atoms with Crippen LogP contribution in [0.5, 0.6) is 11.5 Å². The number of nitrogens with one attached hydrogen (secondary N) is 1. The minimum absolute atomic E-state index is 0.0437. The highest BCUT2D eigenvalue weighted by atomic mass is 19.1. The number of aliphatic hydroxyl groups is 1. The van der Waals surface area contributed by atoms with E-state index in [1.165, 1.54) is 0 Å². The van der Waals surface area contributed by atoms with Crippen LogP contribution in [0.2, 0.25) is 0 Å². The Morgan fingerprint density at radius 2 is 1.78 bits per heavy atom. The van der Waals surface area contributed by atoms with Gasteiger partial charge < -0.3 is 19.9 Å². The summed E-state index contributed by atoms with van der Waals surface area (Å²) in [4.78, 5) is 27.1. The first-order chi connectivity index (χ1) is 17.8. The number of Topliss-reactive ketones (excluding diaryl/α,β-unsaturated/α-hetero) is 1. The molecular weight excluding hydrogens is 475 g/mol. The number of likely N-dealkylation sites (tertiary alicyclic amines) is 1. The molecule has 7 nitrogen and oxygen atoms in total. The van der Waals surface area contributed by atoms with Crippen LogP contribution in [0, 0.1) is 0 Å². The van der Waals surface area contributed by atoms with Gasteiger partial charge in [0.15, 0.2) is 5.78 Å². The van der Waals surface area contributed by atoms with Gasteiger partial charge >= 0.3 is 0 Å². The van der Waals surface area contributed by atoms with Crippen LogP contribution in [0.3, 0.4) is 0 Å². The maximum Gasteiger partial charge on any atom is 0.220 e. The fraction of sp³-hybridized carbons (Fsp3) is 0.517. The van der Waals surface area contributed by atoms with Gasteiger partial charge in [0.2, 0.25) is 5.91 Å². The first-order valence-electron chi connectivity index (χ1n) is 13.1. The summed E-state index contributed by atoms with van der Waals surface area (Å²) >= 11 is 0. The lowest BCUT2D eigenvalue weighted by Crippen LogP contribution is -2.46. The Hall–Kier alpha value is -2.97. The van der Waals surface area contributed by atoms with Gasteiger partial charge in [0, 0.05) is 38.0 Å². The molecule has 2 aromatic carbocycles. The van der Waals surface area contributed by atoms with Crippen molar-refractivity contribution >= 4 is 11.7 Å². The monoisotopic (exact) mass is 514 g/mol. The third-order valence-corrected chi connectivity index (χ3v) is 6.75. The van der Waals surface area contributed by atoms with Crippen LogP contribution in [0.15, 0.2) is 48.5 Å². The van der Waals surface area contributed by atoms with Crippen LogP contribution in [-0.2, 0) is 4.79 Å². The van der Waals surface area contributed by atoms with E-state index in [1.54, 1.807) is 43.5 Å². The normalized spacial score (nSPS) is 18.1. The number of rotatable bonds is 14. The van der Waals surface area contributed by atoms with Gasteiger partial charge in [-0.15, -0.1) is 0 Å². The molecule has 1 aliphatic rings. The highest BCUT2D eigenvalue weighted by Gasteiger charge is 2.29. The molecule has 1 fully saturated rings. The number of carbonyl (C=O) groups is 2. The van der Waals surface area contributed by atoms with Gasteiger partial charge in [-0.25, -0.2) is 4.39 Å². The zero-order chi connectivity index (χ0) is 26.8. The van der Waals surface area contributed by atoms with Crippen LogP contribution in [0.1, 0.15) is 68.0 Å². The van der Waals surface area contributed by atoms with Crippen molar-refractivity contribution in [3.63, 3.8) is 0 Å². The van der Waals surface area contributed by atoms with Crippen molar-refractivity contribution in [3.8, 4) is 11.5 Å². The van der Waals surface area contributed by atoms with Crippen molar-refractivity contribution < 1.29 is 28.6 Å². The zero-order valence-corrected chi connectivity index (χ0v) is 22.0. The van der Waals surface area contributed by atoms with Crippen molar-refractivity contribution in [2.75, 3.05) is 26.7 Å². The Kier molecular flexibility index (Phi) is 10.9. The van der Waals surface area contributed by atoms with Crippen LogP contribution in [0.4, 0.5) is 4.39 Å². The van der Waals surface area contributed by atoms with Crippen molar-refractivity contribution in [2.24, 2.45) is 0 Å². The summed E-state index contributed by atoms with van der Waals surface area (Å²) in [6.07, 6.45) is 0.330. The van der Waals surface area contributed by atoms with Gasteiger partial charge in [-0.2, -0.15) is 0 Å². The lowest BCUT2D eigenvalue weighted by Gasteiger charge is -2.29. The van der Waals surface area contributed by atoms with Crippen molar-refractivity contribution in [1.82, 2.24) is 10.2 Å². The van der Waals surface area contributed by atoms with E-state index in [0.29, 0.717) is 48.6 Å². The third kappa shape index (κ3) is 8.83. The van der Waals surface area contributed by atoms with Crippen LogP contribution >= 0.6 is 0 Å². The fourth-order valence-corrected chi connectivity index (χ4v) is 4.36. The minimum Gasteiger partial charge on any atom is -0.497 e. The number of hydrogen-bond acceptors (Lipinski definition) is 6. The molecule has 0 saturated carbocycles. The van der Waals surface area contributed by atoms with Crippen LogP contribution in [0.25, 0.3) is 0 Å². The lowest BCUT2D eigenvalue weighted by molar-refractivity contribution is -0.123. The van der Waals surface area contributed by atoms with E-state index in [-0.39, 0.29) is 37.2 Å². The molecule has 2 N–H and O–H groups in total. The molecule has 1 amide bonds. The Labute approximate surface area is 219 Å². The van der Waals surface area contributed by atoms with Crippen molar-refractivity contribution in [3.05, 3.63) is 59.7 Å². The molecule has 0 radical (unpaired) electrons. The van der Waals surface area contributed by atoms with Crippen molar-refractivity contribution in [2.45, 2.75) is 70.4 Å². The predicted molar refractivity (Wildman–Crippen MR) is 141 cm³/mol. The molecule has 2 aromatic rings. The van der Waals surface area contributed by atoms with E-state index in [1.807, 2.05) is 30.9 Å². The summed E-state index contributed by atoms with van der Waals surface area (Å²) in [5.74, 6) is 1.10. The summed E-state index contributed by atoms with van der Waals surface area (Å²) < 4.78 is 24.7.